The molecule has 0 radical (unpaired) electrons. The maximum atomic E-state index is 12.5. The summed E-state index contributed by atoms with van der Waals surface area (Å²) in [5, 5.41) is 0.620. The first-order valence-electron chi connectivity index (χ1n) is 9.15. The highest BCUT2D eigenvalue weighted by Gasteiger charge is 2.30. The first-order chi connectivity index (χ1) is 12.2. The Balaban J connectivity index is 1.44. The zero-order valence-electron chi connectivity index (χ0n) is 14.3. The van der Waals surface area contributed by atoms with E-state index < -0.39 is 11.6 Å². The summed E-state index contributed by atoms with van der Waals surface area (Å²) in [4.78, 5) is 26.8. The Kier molecular flexibility index (Phi) is 4.57. The van der Waals surface area contributed by atoms with Gasteiger partial charge in [-0.3, -0.25) is 0 Å². The Morgan fingerprint density at radius 2 is 2.08 bits per heavy atom. The van der Waals surface area contributed by atoms with E-state index in [1.807, 2.05) is 6.07 Å². The lowest BCUT2D eigenvalue weighted by molar-refractivity contribution is 0.0234. The van der Waals surface area contributed by atoms with Gasteiger partial charge in [0.15, 0.2) is 0 Å². The molecular formula is C20H23NO4. The monoisotopic (exact) mass is 341 g/mol. The van der Waals surface area contributed by atoms with Crippen LogP contribution in [0.25, 0.3) is 11.0 Å². The van der Waals surface area contributed by atoms with Crippen molar-refractivity contribution in [1.29, 1.82) is 0 Å². The fourth-order valence-electron chi connectivity index (χ4n) is 4.18. The van der Waals surface area contributed by atoms with Crippen molar-refractivity contribution < 1.29 is 13.9 Å². The predicted molar refractivity (Wildman–Crippen MR) is 94.7 cm³/mol. The van der Waals surface area contributed by atoms with E-state index in [-0.39, 0.29) is 0 Å². The second-order valence-electron chi connectivity index (χ2n) is 7.15. The molecule has 5 nitrogen and oxygen atoms in total. The molecule has 0 spiro atoms. The van der Waals surface area contributed by atoms with Gasteiger partial charge >= 0.3 is 11.6 Å². The summed E-state index contributed by atoms with van der Waals surface area (Å²) < 4.78 is 10.7. The molecule has 0 amide bonds. The summed E-state index contributed by atoms with van der Waals surface area (Å²) in [7, 11) is 0. The lowest BCUT2D eigenvalue weighted by atomic mass is 9.86. The van der Waals surface area contributed by atoms with Crippen LogP contribution in [-0.4, -0.2) is 36.6 Å². The molecule has 2 saturated heterocycles. The van der Waals surface area contributed by atoms with Gasteiger partial charge in [-0.25, -0.2) is 9.59 Å². The van der Waals surface area contributed by atoms with Gasteiger partial charge in [0.2, 0.25) is 0 Å². The van der Waals surface area contributed by atoms with E-state index in [0.29, 0.717) is 35.1 Å². The van der Waals surface area contributed by atoms with Crippen LogP contribution < -0.4 is 5.63 Å². The third kappa shape index (κ3) is 3.47. The molecule has 2 aliphatic rings. The quantitative estimate of drug-likeness (QED) is 0.634. The van der Waals surface area contributed by atoms with Gasteiger partial charge in [0.1, 0.15) is 5.58 Å². The Labute approximate surface area is 146 Å². The van der Waals surface area contributed by atoms with E-state index in [4.69, 9.17) is 9.15 Å². The summed E-state index contributed by atoms with van der Waals surface area (Å²) in [6.45, 7) is 2.74. The second kappa shape index (κ2) is 7.00. The molecule has 1 aromatic carbocycles. The van der Waals surface area contributed by atoms with Crippen LogP contribution in [0.15, 0.2) is 39.5 Å². The molecule has 132 valence electrons. The van der Waals surface area contributed by atoms with E-state index in [9.17, 15) is 9.59 Å². The maximum Gasteiger partial charge on any atom is 0.339 e. The number of piperidine rings is 2. The fraction of sp³-hybridized carbons (Fsp3) is 0.500. The van der Waals surface area contributed by atoms with E-state index in [2.05, 4.69) is 4.90 Å². The van der Waals surface area contributed by atoms with E-state index in [1.165, 1.54) is 31.9 Å². The number of hydrogen-bond acceptors (Lipinski definition) is 5. The number of benzene rings is 1. The number of ether oxygens (including phenoxy) is 1. The van der Waals surface area contributed by atoms with E-state index >= 15 is 0 Å². The van der Waals surface area contributed by atoms with Gasteiger partial charge in [-0.15, -0.1) is 0 Å². The number of carbonyl (C=O) groups is 1. The van der Waals surface area contributed by atoms with Crippen LogP contribution >= 0.6 is 0 Å². The molecular weight excluding hydrogens is 318 g/mol. The lowest BCUT2D eigenvalue weighted by Crippen LogP contribution is -2.46. The van der Waals surface area contributed by atoms with Crippen molar-refractivity contribution in [2.24, 2.45) is 5.92 Å². The van der Waals surface area contributed by atoms with Gasteiger partial charge in [0.05, 0.1) is 12.2 Å². The first-order valence-corrected chi connectivity index (χ1v) is 9.15. The second-order valence-corrected chi connectivity index (χ2v) is 7.15. The van der Waals surface area contributed by atoms with E-state index in [1.54, 1.807) is 18.2 Å². The number of para-hydroxylation sites is 1. The largest absolute Gasteiger partial charge is 0.462 e. The predicted octanol–water partition coefficient (Wildman–Crippen LogP) is 3.21. The molecule has 2 unspecified atom stereocenters. The van der Waals surface area contributed by atoms with Gasteiger partial charge in [0, 0.05) is 17.5 Å². The van der Waals surface area contributed by atoms with Crippen molar-refractivity contribution in [2.45, 2.75) is 38.1 Å². The van der Waals surface area contributed by atoms with Gasteiger partial charge < -0.3 is 14.1 Å². The number of carbonyl (C=O) groups excluding carboxylic acids is 1. The van der Waals surface area contributed by atoms with Crippen LogP contribution in [0.3, 0.4) is 0 Å². The lowest BCUT2D eigenvalue weighted by Gasteiger charge is -2.42. The normalized spacial score (nSPS) is 24.0. The molecule has 5 heteroatoms. The number of esters is 1. The molecule has 0 bridgehead atoms. The van der Waals surface area contributed by atoms with Gasteiger partial charge in [-0.1, -0.05) is 24.6 Å². The molecule has 1 aromatic heterocycles. The number of hydrogen-bond donors (Lipinski definition) is 0. The summed E-state index contributed by atoms with van der Waals surface area (Å²) in [6, 6.07) is 8.93. The average molecular weight is 341 g/mol. The summed E-state index contributed by atoms with van der Waals surface area (Å²) >= 11 is 0. The van der Waals surface area contributed by atoms with Crippen molar-refractivity contribution in [1.82, 2.24) is 4.90 Å². The molecule has 0 N–H and O–H groups in total. The molecule has 2 aromatic rings. The Morgan fingerprint density at radius 3 is 3.00 bits per heavy atom. The summed E-state index contributed by atoms with van der Waals surface area (Å²) in [5.41, 5.74) is 0.181. The molecule has 2 aliphatic heterocycles. The first kappa shape index (κ1) is 16.3. The minimum Gasteiger partial charge on any atom is -0.462 e. The minimum absolute atomic E-state index is 0.293. The highest BCUT2D eigenvalue weighted by molar-refractivity contribution is 6.02. The van der Waals surface area contributed by atoms with Crippen LogP contribution in [0.5, 0.6) is 0 Å². The third-order valence-electron chi connectivity index (χ3n) is 5.50. The molecule has 2 fully saturated rings. The molecule has 2 atom stereocenters. The molecule has 3 heterocycles. The van der Waals surface area contributed by atoms with Crippen molar-refractivity contribution in [3.05, 3.63) is 46.3 Å². The maximum absolute atomic E-state index is 12.5. The summed E-state index contributed by atoms with van der Waals surface area (Å²) in [6.07, 6.45) is 6.04. The van der Waals surface area contributed by atoms with Gasteiger partial charge in [-0.05, 0) is 50.8 Å². The number of fused-ring (bicyclic) bond motifs is 2. The number of rotatable bonds is 3. The number of nitrogens with zero attached hydrogens (tertiary/aromatic N) is 1. The van der Waals surface area contributed by atoms with Crippen molar-refractivity contribution in [3.8, 4) is 0 Å². The third-order valence-corrected chi connectivity index (χ3v) is 5.50. The van der Waals surface area contributed by atoms with Crippen LogP contribution in [-0.2, 0) is 4.74 Å². The smallest absolute Gasteiger partial charge is 0.339 e. The zero-order valence-corrected chi connectivity index (χ0v) is 14.3. The van der Waals surface area contributed by atoms with Crippen LogP contribution in [0.1, 0.15) is 42.5 Å². The molecule has 0 aliphatic carbocycles. The Hall–Kier alpha value is -2.14. The standard InChI is InChI=1S/C20H23NO4/c22-19-12-17(16-6-1-2-7-18(16)25-19)20(23)24-13-14-8-10-21-9-4-3-5-15(21)11-14/h1-2,6-7,12,14-15H,3-5,8-11,13H2. The van der Waals surface area contributed by atoms with Crippen LogP contribution in [0.2, 0.25) is 0 Å². The van der Waals surface area contributed by atoms with E-state index in [0.717, 1.165) is 19.4 Å². The Bertz CT molecular complexity index is 828. The Morgan fingerprint density at radius 1 is 1.20 bits per heavy atom. The average Bonchev–Trinajstić information content (AvgIpc) is 2.65. The topological polar surface area (TPSA) is 59.8 Å². The molecule has 25 heavy (non-hydrogen) atoms. The van der Waals surface area contributed by atoms with Crippen molar-refractivity contribution >= 4 is 16.9 Å². The van der Waals surface area contributed by atoms with Crippen LogP contribution in [0, 0.1) is 5.92 Å². The van der Waals surface area contributed by atoms with Crippen molar-refractivity contribution in [3.63, 3.8) is 0 Å². The van der Waals surface area contributed by atoms with Gasteiger partial charge in [0.25, 0.3) is 0 Å². The SMILES string of the molecule is O=C(OCC1CCN2CCCCC2C1)c1cc(=O)oc2ccccc12. The molecule has 4 rings (SSSR count). The van der Waals surface area contributed by atoms with Crippen LogP contribution in [0.4, 0.5) is 0 Å². The molecule has 0 saturated carbocycles. The minimum atomic E-state index is -0.527. The highest BCUT2D eigenvalue weighted by Crippen LogP contribution is 2.30. The fourth-order valence-corrected chi connectivity index (χ4v) is 4.18. The van der Waals surface area contributed by atoms with Crippen molar-refractivity contribution in [2.75, 3.05) is 19.7 Å². The zero-order chi connectivity index (χ0) is 17.2. The summed E-state index contributed by atoms with van der Waals surface area (Å²) in [5.74, 6) is -0.0233. The highest BCUT2D eigenvalue weighted by atomic mass is 16.5. The van der Waals surface area contributed by atoms with Gasteiger partial charge in [-0.2, -0.15) is 0 Å².